The van der Waals surface area contributed by atoms with E-state index >= 15 is 0 Å². The zero-order valence-corrected chi connectivity index (χ0v) is 25.2. The highest BCUT2D eigenvalue weighted by Crippen LogP contribution is 2.41. The molecule has 0 bridgehead atoms. The van der Waals surface area contributed by atoms with E-state index in [1.807, 2.05) is 0 Å². The molecule has 7 N–H and O–H groups in total. The predicted molar refractivity (Wildman–Crippen MR) is 146 cm³/mol. The highest BCUT2D eigenvalue weighted by atomic mass is 32.3. The Balaban J connectivity index is 1.99. The summed E-state index contributed by atoms with van der Waals surface area (Å²) >= 11 is 0. The van der Waals surface area contributed by atoms with Gasteiger partial charge in [-0.2, -0.15) is 25.3 Å². The number of aliphatic carboxylic acids is 1. The second-order valence-corrected chi connectivity index (χ2v) is 12.2. The lowest BCUT2D eigenvalue weighted by Gasteiger charge is -2.38. The van der Waals surface area contributed by atoms with Gasteiger partial charge in [0.1, 0.15) is 35.0 Å². The molecule has 0 amide bonds. The van der Waals surface area contributed by atoms with Crippen molar-refractivity contribution in [2.75, 3.05) is 7.11 Å². The maximum Gasteiger partial charge on any atom is 0.446 e. The van der Waals surface area contributed by atoms with Crippen LogP contribution in [0, 0.1) is 0 Å². The SMILES string of the molecule is COc1cc(OS(=O)(=O)O)c2c(=O)c(OS(=O)(=O)O)c(-c3ccc(OS(=O)(=O)O)c(O[C@@H]4OC(C(=O)O)[C@@H](O)[C@H](O)C4O)c3)oc2c1. The molecule has 0 saturated carbocycles. The molecule has 0 aliphatic carbocycles. The zero-order valence-electron chi connectivity index (χ0n) is 22.8. The number of aliphatic hydroxyl groups excluding tert-OH is 3. The van der Waals surface area contributed by atoms with Crippen LogP contribution < -0.4 is 27.5 Å². The molecular weight excluding hydrogens is 712 g/mol. The van der Waals surface area contributed by atoms with Crippen LogP contribution in [0.4, 0.5) is 0 Å². The summed E-state index contributed by atoms with van der Waals surface area (Å²) in [6.45, 7) is 0. The van der Waals surface area contributed by atoms with Gasteiger partial charge in [0.2, 0.25) is 17.5 Å². The Bertz CT molecular complexity index is 2110. The second-order valence-electron chi connectivity index (χ2n) is 9.14. The molecule has 2 heterocycles. The van der Waals surface area contributed by atoms with Crippen LogP contribution in [0.3, 0.4) is 0 Å². The highest BCUT2D eigenvalue weighted by molar-refractivity contribution is 7.81. The first kappa shape index (κ1) is 35.5. The fourth-order valence-electron chi connectivity index (χ4n) is 4.11. The fourth-order valence-corrected chi connectivity index (χ4v) is 5.19. The van der Waals surface area contributed by atoms with Gasteiger partial charge >= 0.3 is 37.2 Å². The van der Waals surface area contributed by atoms with Crippen LogP contribution in [0.15, 0.2) is 39.5 Å². The minimum Gasteiger partial charge on any atom is -0.496 e. The summed E-state index contributed by atoms with van der Waals surface area (Å²) in [5.41, 5.74) is -2.74. The fraction of sp³-hybridized carbons (Fsp3) is 0.273. The van der Waals surface area contributed by atoms with Gasteiger partial charge in [0.15, 0.2) is 29.1 Å². The summed E-state index contributed by atoms with van der Waals surface area (Å²) < 4.78 is 131. The monoisotopic (exact) mass is 732 g/mol. The standard InChI is InChI=1S/C22H20O22S3/c1-38-8-5-11-13(12(6-8)43-46(32,33)34)14(23)19(44-47(35,36)37)18(39-11)7-2-3-9(42-45(29,30)31)10(4-7)40-22-17(26)15(24)16(25)20(41-22)21(27)28/h2-6,15-17,20,22,24-26H,1H3,(H,27,28)(H,29,30,31)(H,32,33,34)(H,35,36,37)/t15-,16-,17?,20?,22+/m0/s1. The van der Waals surface area contributed by atoms with E-state index in [4.69, 9.17) is 18.6 Å². The van der Waals surface area contributed by atoms with Crippen LogP contribution in [0.25, 0.3) is 22.3 Å². The maximum absolute atomic E-state index is 13.5. The first-order chi connectivity index (χ1) is 21.6. The third-order valence-electron chi connectivity index (χ3n) is 5.97. The molecule has 1 aromatic heterocycles. The zero-order chi connectivity index (χ0) is 35.2. The van der Waals surface area contributed by atoms with E-state index in [9.17, 15) is 68.9 Å². The van der Waals surface area contributed by atoms with E-state index in [2.05, 4.69) is 12.5 Å². The molecule has 1 aliphatic heterocycles. The average molecular weight is 733 g/mol. The van der Waals surface area contributed by atoms with Crippen molar-refractivity contribution in [1.82, 2.24) is 0 Å². The van der Waals surface area contributed by atoms with Crippen molar-refractivity contribution < 1.29 is 95.3 Å². The van der Waals surface area contributed by atoms with Crippen molar-refractivity contribution in [3.05, 3.63) is 40.6 Å². The van der Waals surface area contributed by atoms with Gasteiger partial charge in [-0.1, -0.05) is 0 Å². The Kier molecular flexibility index (Phi) is 9.61. The van der Waals surface area contributed by atoms with E-state index in [-0.39, 0.29) is 5.75 Å². The number of benzene rings is 2. The minimum absolute atomic E-state index is 0.258. The quantitative estimate of drug-likeness (QED) is 0.108. The molecular formula is C22H20O22S3. The van der Waals surface area contributed by atoms with E-state index in [1.54, 1.807) is 0 Å². The van der Waals surface area contributed by atoms with E-state index < -0.39 is 119 Å². The second kappa shape index (κ2) is 12.7. The van der Waals surface area contributed by atoms with Crippen molar-refractivity contribution in [3.8, 4) is 40.1 Å². The van der Waals surface area contributed by atoms with E-state index in [1.165, 1.54) is 0 Å². The maximum atomic E-state index is 13.5. The first-order valence-corrected chi connectivity index (χ1v) is 16.1. The molecule has 1 fully saturated rings. The van der Waals surface area contributed by atoms with E-state index in [0.717, 1.165) is 25.3 Å². The number of fused-ring (bicyclic) bond motifs is 1. The van der Waals surface area contributed by atoms with Gasteiger partial charge in [0.05, 0.1) is 7.11 Å². The molecule has 0 radical (unpaired) electrons. The molecule has 4 rings (SSSR count). The Morgan fingerprint density at radius 3 is 1.94 bits per heavy atom. The summed E-state index contributed by atoms with van der Waals surface area (Å²) in [4.78, 5) is 25.0. The number of hydrogen-bond acceptors (Lipinski definition) is 18. The number of methoxy groups -OCH3 is 1. The summed E-state index contributed by atoms with van der Waals surface area (Å²) in [5.74, 6) is -7.27. The summed E-state index contributed by atoms with van der Waals surface area (Å²) in [7, 11) is -15.2. The molecule has 3 aromatic rings. The Morgan fingerprint density at radius 2 is 1.38 bits per heavy atom. The molecule has 258 valence electrons. The summed E-state index contributed by atoms with van der Waals surface area (Å²) in [5, 5.41) is 38.8. The normalized spacial score (nSPS) is 22.0. The van der Waals surface area contributed by atoms with Crippen molar-refractivity contribution in [3.63, 3.8) is 0 Å². The molecule has 2 unspecified atom stereocenters. The lowest BCUT2D eigenvalue weighted by molar-refractivity contribution is -0.271. The number of ether oxygens (including phenoxy) is 3. The Labute approximate surface area is 261 Å². The highest BCUT2D eigenvalue weighted by Gasteiger charge is 2.48. The van der Waals surface area contributed by atoms with Crippen molar-refractivity contribution in [2.24, 2.45) is 0 Å². The van der Waals surface area contributed by atoms with Crippen LogP contribution in [-0.2, 0) is 40.7 Å². The van der Waals surface area contributed by atoms with Gasteiger partial charge in [0, 0.05) is 17.7 Å². The van der Waals surface area contributed by atoms with Gasteiger partial charge < -0.3 is 51.6 Å². The van der Waals surface area contributed by atoms with Crippen molar-refractivity contribution in [1.29, 1.82) is 0 Å². The van der Waals surface area contributed by atoms with Crippen LogP contribution in [0.5, 0.6) is 28.7 Å². The lowest BCUT2D eigenvalue weighted by Crippen LogP contribution is -2.61. The van der Waals surface area contributed by atoms with Crippen LogP contribution in [-0.4, -0.2) is 103 Å². The molecule has 22 nitrogen and oxygen atoms in total. The molecule has 2 aromatic carbocycles. The predicted octanol–water partition coefficient (Wildman–Crippen LogP) is -1.72. The molecule has 47 heavy (non-hydrogen) atoms. The number of aliphatic hydroxyl groups is 3. The van der Waals surface area contributed by atoms with Crippen molar-refractivity contribution >= 4 is 48.1 Å². The smallest absolute Gasteiger partial charge is 0.446 e. The summed E-state index contributed by atoms with van der Waals surface area (Å²) in [6, 6.07) is 3.87. The Morgan fingerprint density at radius 1 is 0.787 bits per heavy atom. The number of hydrogen-bond donors (Lipinski definition) is 7. The van der Waals surface area contributed by atoms with Crippen LogP contribution in [0.2, 0.25) is 0 Å². The van der Waals surface area contributed by atoms with Crippen LogP contribution in [0.1, 0.15) is 0 Å². The largest absolute Gasteiger partial charge is 0.496 e. The third-order valence-corrected chi connectivity index (χ3v) is 7.13. The minimum atomic E-state index is -5.58. The van der Waals surface area contributed by atoms with Crippen LogP contribution >= 0.6 is 0 Å². The molecule has 1 aliphatic rings. The van der Waals surface area contributed by atoms with Gasteiger partial charge in [-0.15, -0.1) is 0 Å². The van der Waals surface area contributed by atoms with Gasteiger partial charge in [-0.3, -0.25) is 18.5 Å². The van der Waals surface area contributed by atoms with Gasteiger partial charge in [0.25, 0.3) is 0 Å². The number of carboxylic acids is 1. The van der Waals surface area contributed by atoms with Gasteiger partial charge in [-0.05, 0) is 18.2 Å². The average Bonchev–Trinajstić information content (AvgIpc) is 2.92. The topological polar surface area (TPSA) is 347 Å². The molecule has 0 spiro atoms. The number of rotatable bonds is 11. The molecule has 1 saturated heterocycles. The first-order valence-electron chi connectivity index (χ1n) is 12.0. The van der Waals surface area contributed by atoms with Gasteiger partial charge in [-0.25, -0.2) is 4.79 Å². The third kappa shape index (κ3) is 8.16. The van der Waals surface area contributed by atoms with Crippen molar-refractivity contribution in [2.45, 2.75) is 30.7 Å². The Hall–Kier alpha value is -4.31. The summed E-state index contributed by atoms with van der Waals surface area (Å²) in [6.07, 6.45) is -11.1. The van der Waals surface area contributed by atoms with E-state index in [0.29, 0.717) is 12.1 Å². The molecule has 25 heteroatoms. The number of carboxylic acid groups (broad SMARTS) is 1. The molecule has 5 atom stereocenters. The number of carbonyl (C=O) groups is 1. The lowest BCUT2D eigenvalue weighted by atomic mass is 9.99.